The lowest BCUT2D eigenvalue weighted by atomic mass is 10.0. The molecule has 0 spiro atoms. The SMILES string of the molecule is CN(CC1(O)CCCC1)C(=O)C(F)(F)F. The van der Waals surface area contributed by atoms with Crippen molar-refractivity contribution in [1.29, 1.82) is 0 Å². The smallest absolute Gasteiger partial charge is 0.388 e. The summed E-state index contributed by atoms with van der Waals surface area (Å²) in [7, 11) is 1.06. The summed E-state index contributed by atoms with van der Waals surface area (Å²) < 4.78 is 36.1. The molecule has 1 aliphatic rings. The van der Waals surface area contributed by atoms with Crippen molar-refractivity contribution in [3.05, 3.63) is 0 Å². The van der Waals surface area contributed by atoms with Gasteiger partial charge in [-0.1, -0.05) is 12.8 Å². The van der Waals surface area contributed by atoms with Gasteiger partial charge in [0.25, 0.3) is 0 Å². The molecule has 1 saturated carbocycles. The second-order valence-electron chi connectivity index (χ2n) is 4.09. The standard InChI is InChI=1S/C9H14F3NO2/c1-13(7(14)9(10,11)12)6-8(15)4-2-3-5-8/h15H,2-6H2,1H3. The van der Waals surface area contributed by atoms with Crippen molar-refractivity contribution in [1.82, 2.24) is 4.90 Å². The Balaban J connectivity index is 2.55. The number of amides is 1. The fourth-order valence-corrected chi connectivity index (χ4v) is 1.92. The monoisotopic (exact) mass is 225 g/mol. The number of aliphatic hydroxyl groups is 1. The van der Waals surface area contributed by atoms with Gasteiger partial charge in [-0.3, -0.25) is 4.79 Å². The molecule has 0 radical (unpaired) electrons. The molecule has 0 atom stereocenters. The van der Waals surface area contributed by atoms with Gasteiger partial charge in [-0.05, 0) is 12.8 Å². The zero-order valence-electron chi connectivity index (χ0n) is 8.47. The largest absolute Gasteiger partial charge is 0.471 e. The quantitative estimate of drug-likeness (QED) is 0.769. The average molecular weight is 225 g/mol. The highest BCUT2D eigenvalue weighted by Crippen LogP contribution is 2.30. The van der Waals surface area contributed by atoms with Gasteiger partial charge in [0.1, 0.15) is 0 Å². The lowest BCUT2D eigenvalue weighted by molar-refractivity contribution is -0.186. The molecule has 0 bridgehead atoms. The van der Waals surface area contributed by atoms with Crippen LogP contribution in [0.5, 0.6) is 0 Å². The first-order valence-electron chi connectivity index (χ1n) is 4.79. The third-order valence-electron chi connectivity index (χ3n) is 2.65. The van der Waals surface area contributed by atoms with Gasteiger partial charge in [0.15, 0.2) is 0 Å². The zero-order chi connectivity index (χ0) is 11.7. The van der Waals surface area contributed by atoms with Gasteiger partial charge in [-0.25, -0.2) is 0 Å². The summed E-state index contributed by atoms with van der Waals surface area (Å²) in [5.41, 5.74) is -1.13. The molecule has 0 aromatic rings. The highest BCUT2D eigenvalue weighted by molar-refractivity contribution is 5.81. The van der Waals surface area contributed by atoms with Crippen molar-refractivity contribution in [2.75, 3.05) is 13.6 Å². The maximum Gasteiger partial charge on any atom is 0.471 e. The van der Waals surface area contributed by atoms with E-state index in [-0.39, 0.29) is 6.54 Å². The number of alkyl halides is 3. The van der Waals surface area contributed by atoms with Crippen molar-refractivity contribution in [3.8, 4) is 0 Å². The Kier molecular flexibility index (Phi) is 3.28. The zero-order valence-corrected chi connectivity index (χ0v) is 8.47. The Hall–Kier alpha value is -0.780. The van der Waals surface area contributed by atoms with Crippen LogP contribution in [0.3, 0.4) is 0 Å². The van der Waals surface area contributed by atoms with Crippen LogP contribution in [-0.2, 0) is 4.79 Å². The predicted molar refractivity (Wildman–Crippen MR) is 47.1 cm³/mol. The summed E-state index contributed by atoms with van der Waals surface area (Å²) in [5, 5.41) is 9.82. The molecule has 0 aromatic carbocycles. The number of carbonyl (C=O) groups excluding carboxylic acids is 1. The van der Waals surface area contributed by atoms with Crippen molar-refractivity contribution in [2.45, 2.75) is 37.5 Å². The maximum atomic E-state index is 12.0. The summed E-state index contributed by atoms with van der Waals surface area (Å²) in [6.07, 6.45) is -2.34. The maximum absolute atomic E-state index is 12.0. The lowest BCUT2D eigenvalue weighted by Gasteiger charge is -2.28. The Morgan fingerprint density at radius 3 is 2.27 bits per heavy atom. The van der Waals surface area contributed by atoms with Crippen LogP contribution in [0.25, 0.3) is 0 Å². The van der Waals surface area contributed by atoms with E-state index in [1.54, 1.807) is 0 Å². The van der Waals surface area contributed by atoms with E-state index in [0.717, 1.165) is 19.9 Å². The van der Waals surface area contributed by atoms with Crippen LogP contribution < -0.4 is 0 Å². The van der Waals surface area contributed by atoms with Crippen molar-refractivity contribution >= 4 is 5.91 Å². The molecular formula is C9H14F3NO2. The van der Waals surface area contributed by atoms with Gasteiger partial charge in [0, 0.05) is 13.6 Å². The minimum Gasteiger partial charge on any atom is -0.388 e. The average Bonchev–Trinajstić information content (AvgIpc) is 2.48. The molecule has 0 saturated heterocycles. The van der Waals surface area contributed by atoms with Gasteiger partial charge in [0.2, 0.25) is 0 Å². The third-order valence-corrected chi connectivity index (χ3v) is 2.65. The Labute approximate surface area is 85.9 Å². The van der Waals surface area contributed by atoms with Gasteiger partial charge < -0.3 is 10.0 Å². The van der Waals surface area contributed by atoms with E-state index in [1.165, 1.54) is 0 Å². The molecule has 88 valence electrons. The molecule has 1 N–H and O–H groups in total. The molecule has 6 heteroatoms. The molecule has 1 aliphatic carbocycles. The number of halogens is 3. The van der Waals surface area contributed by atoms with Gasteiger partial charge >= 0.3 is 12.1 Å². The topological polar surface area (TPSA) is 40.5 Å². The fourth-order valence-electron chi connectivity index (χ4n) is 1.92. The molecule has 0 heterocycles. The second-order valence-corrected chi connectivity index (χ2v) is 4.09. The number of nitrogens with zero attached hydrogens (tertiary/aromatic N) is 1. The van der Waals surface area contributed by atoms with E-state index < -0.39 is 17.7 Å². The summed E-state index contributed by atoms with van der Waals surface area (Å²) in [6, 6.07) is 0. The second kappa shape index (κ2) is 4.00. The lowest BCUT2D eigenvalue weighted by Crippen LogP contribution is -2.46. The molecule has 0 aliphatic heterocycles. The highest BCUT2D eigenvalue weighted by Gasteiger charge is 2.43. The molecule has 1 fully saturated rings. The van der Waals surface area contributed by atoms with E-state index in [4.69, 9.17) is 0 Å². The number of hydrogen-bond acceptors (Lipinski definition) is 2. The first-order chi connectivity index (χ1) is 6.75. The van der Waals surface area contributed by atoms with Gasteiger partial charge in [0.05, 0.1) is 5.60 Å². The Morgan fingerprint density at radius 2 is 1.87 bits per heavy atom. The van der Waals surface area contributed by atoms with E-state index >= 15 is 0 Å². The van der Waals surface area contributed by atoms with Gasteiger partial charge in [-0.15, -0.1) is 0 Å². The van der Waals surface area contributed by atoms with Crippen LogP contribution in [0, 0.1) is 0 Å². The van der Waals surface area contributed by atoms with Crippen LogP contribution >= 0.6 is 0 Å². The van der Waals surface area contributed by atoms with E-state index in [2.05, 4.69) is 0 Å². The van der Waals surface area contributed by atoms with Crippen LogP contribution in [0.4, 0.5) is 13.2 Å². The minimum atomic E-state index is -4.86. The third kappa shape index (κ3) is 3.09. The summed E-state index contributed by atoms with van der Waals surface area (Å²) in [4.78, 5) is 11.3. The van der Waals surface area contributed by atoms with Crippen LogP contribution in [0.2, 0.25) is 0 Å². The summed E-state index contributed by atoms with van der Waals surface area (Å²) in [5.74, 6) is -1.90. The number of likely N-dealkylation sites (N-methyl/N-ethyl adjacent to an activating group) is 1. The highest BCUT2D eigenvalue weighted by atomic mass is 19.4. The van der Waals surface area contributed by atoms with Gasteiger partial charge in [-0.2, -0.15) is 13.2 Å². The number of rotatable bonds is 2. The molecule has 1 rings (SSSR count). The number of hydrogen-bond donors (Lipinski definition) is 1. The van der Waals surface area contributed by atoms with E-state index in [9.17, 15) is 23.1 Å². The van der Waals surface area contributed by atoms with Crippen molar-refractivity contribution in [3.63, 3.8) is 0 Å². The van der Waals surface area contributed by atoms with Crippen LogP contribution in [0.15, 0.2) is 0 Å². The van der Waals surface area contributed by atoms with Crippen molar-refractivity contribution in [2.24, 2.45) is 0 Å². The fraction of sp³-hybridized carbons (Fsp3) is 0.889. The van der Waals surface area contributed by atoms with Crippen LogP contribution in [-0.4, -0.2) is 41.3 Å². The van der Waals surface area contributed by atoms with Crippen LogP contribution in [0.1, 0.15) is 25.7 Å². The molecule has 0 unspecified atom stereocenters. The Bertz CT molecular complexity index is 246. The van der Waals surface area contributed by atoms with E-state index in [0.29, 0.717) is 17.7 Å². The molecule has 1 amide bonds. The van der Waals surface area contributed by atoms with Crippen molar-refractivity contribution < 1.29 is 23.1 Å². The molecule has 0 aromatic heterocycles. The molecular weight excluding hydrogens is 211 g/mol. The number of carbonyl (C=O) groups is 1. The normalized spacial score (nSPS) is 20.3. The summed E-state index contributed by atoms with van der Waals surface area (Å²) >= 11 is 0. The minimum absolute atomic E-state index is 0.245. The molecule has 15 heavy (non-hydrogen) atoms. The summed E-state index contributed by atoms with van der Waals surface area (Å²) in [6.45, 7) is -0.245. The Morgan fingerprint density at radius 1 is 1.40 bits per heavy atom. The molecule has 3 nitrogen and oxygen atoms in total. The first kappa shape index (κ1) is 12.3. The predicted octanol–water partition coefficient (Wildman–Crippen LogP) is 1.31. The van der Waals surface area contributed by atoms with E-state index in [1.807, 2.05) is 0 Å². The first-order valence-corrected chi connectivity index (χ1v) is 4.79.